The third-order valence-electron chi connectivity index (χ3n) is 6.30. The number of aromatic amines is 2. The van der Waals surface area contributed by atoms with Crippen LogP contribution in [0, 0.1) is 0 Å². The van der Waals surface area contributed by atoms with Crippen LogP contribution in [0.15, 0.2) is 60.9 Å². The van der Waals surface area contributed by atoms with E-state index in [1.807, 2.05) is 24.3 Å². The molecule has 0 atom stereocenters. The number of fused-ring (bicyclic) bond motifs is 2. The highest BCUT2D eigenvalue weighted by atomic mass is 35.5. The summed E-state index contributed by atoms with van der Waals surface area (Å²) in [7, 11) is 2.17. The molecule has 1 aliphatic heterocycles. The molecule has 6 rings (SSSR count). The molecule has 0 spiro atoms. The van der Waals surface area contributed by atoms with E-state index in [1.165, 1.54) is 5.69 Å². The number of H-pyrrole nitrogens is 2. The van der Waals surface area contributed by atoms with Crippen molar-refractivity contribution in [2.24, 2.45) is 0 Å². The summed E-state index contributed by atoms with van der Waals surface area (Å²) in [5.74, 6) is 0.806. The van der Waals surface area contributed by atoms with E-state index in [9.17, 15) is 0 Å². The van der Waals surface area contributed by atoms with Gasteiger partial charge in [-0.05, 0) is 55.6 Å². The minimum atomic E-state index is 0.704. The molecular weight excluding hydrogens is 434 g/mol. The molecule has 33 heavy (non-hydrogen) atoms. The predicted molar refractivity (Wildman–Crippen MR) is 136 cm³/mol. The summed E-state index contributed by atoms with van der Waals surface area (Å²) in [6, 6.07) is 16.6. The molecule has 0 radical (unpaired) electrons. The fourth-order valence-electron chi connectivity index (χ4n) is 4.36. The van der Waals surface area contributed by atoms with Gasteiger partial charge in [0.1, 0.15) is 11.3 Å². The maximum absolute atomic E-state index is 6.29. The number of nitrogens with zero attached hydrogens (tertiary/aromatic N) is 4. The van der Waals surface area contributed by atoms with Crippen molar-refractivity contribution in [3.05, 3.63) is 65.9 Å². The van der Waals surface area contributed by atoms with E-state index in [0.717, 1.165) is 71.0 Å². The first-order chi connectivity index (χ1) is 16.1. The zero-order valence-corrected chi connectivity index (χ0v) is 19.0. The molecule has 1 saturated heterocycles. The van der Waals surface area contributed by atoms with Crippen LogP contribution >= 0.6 is 11.6 Å². The first kappa shape index (κ1) is 20.1. The number of benzene rings is 2. The Morgan fingerprint density at radius 2 is 1.82 bits per heavy atom. The zero-order valence-electron chi connectivity index (χ0n) is 18.3. The average molecular weight is 458 g/mol. The van der Waals surface area contributed by atoms with E-state index >= 15 is 0 Å². The standard InChI is InChI=1S/C25H24ClN7/c1-32-10-12-33(13-11-32)18-5-2-16(3-6-18)24-30-23-22(8-9-27-25(23)31-24)29-17-4-7-21-19(14-17)20(26)15-28-21/h2-9,14-15,28H,10-13H2,1H3,(H2,27,29,30,31). The van der Waals surface area contributed by atoms with Crippen LogP contribution in [0.4, 0.5) is 17.1 Å². The molecule has 3 N–H and O–H groups in total. The van der Waals surface area contributed by atoms with Crippen molar-refractivity contribution in [2.45, 2.75) is 0 Å². The number of halogens is 1. The second-order valence-corrected chi connectivity index (χ2v) is 8.91. The normalized spacial score (nSPS) is 14.9. The van der Waals surface area contributed by atoms with Crippen molar-refractivity contribution >= 4 is 50.7 Å². The molecule has 7 nitrogen and oxygen atoms in total. The number of nitrogens with one attached hydrogen (secondary N) is 3. The van der Waals surface area contributed by atoms with Gasteiger partial charge in [0, 0.05) is 66.4 Å². The summed E-state index contributed by atoms with van der Waals surface area (Å²) in [5, 5.41) is 5.16. The van der Waals surface area contributed by atoms with Gasteiger partial charge in [0.25, 0.3) is 0 Å². The van der Waals surface area contributed by atoms with E-state index in [1.54, 1.807) is 12.4 Å². The van der Waals surface area contributed by atoms with Gasteiger partial charge in [-0.2, -0.15) is 0 Å². The maximum atomic E-state index is 6.29. The molecule has 4 heterocycles. The molecular formula is C25H24ClN7. The number of aromatic nitrogens is 4. The number of hydrogen-bond acceptors (Lipinski definition) is 5. The first-order valence-electron chi connectivity index (χ1n) is 11.1. The summed E-state index contributed by atoms with van der Waals surface area (Å²) in [6.07, 6.45) is 3.58. The average Bonchev–Trinajstić information content (AvgIpc) is 3.44. The Morgan fingerprint density at radius 3 is 2.64 bits per heavy atom. The first-order valence-corrected chi connectivity index (χ1v) is 11.4. The minimum absolute atomic E-state index is 0.704. The fraction of sp³-hybridized carbons (Fsp3) is 0.200. The Balaban J connectivity index is 1.28. The molecule has 5 aromatic rings. The van der Waals surface area contributed by atoms with Gasteiger partial charge >= 0.3 is 0 Å². The molecule has 166 valence electrons. The summed E-state index contributed by atoms with van der Waals surface area (Å²) in [5.41, 5.74) is 6.68. The molecule has 1 aliphatic rings. The fourth-order valence-corrected chi connectivity index (χ4v) is 4.57. The van der Waals surface area contributed by atoms with Gasteiger partial charge in [0.15, 0.2) is 5.65 Å². The van der Waals surface area contributed by atoms with Crippen LogP contribution < -0.4 is 10.2 Å². The summed E-state index contributed by atoms with van der Waals surface area (Å²) < 4.78 is 0. The number of rotatable bonds is 4. The Kier molecular flexibility index (Phi) is 4.93. The summed E-state index contributed by atoms with van der Waals surface area (Å²) in [6.45, 7) is 4.30. The SMILES string of the molecule is CN1CCN(c2ccc(-c3nc4c(Nc5ccc6[nH]cc(Cl)c6c5)ccnc4[nH]3)cc2)CC1. The number of imidazole rings is 1. The van der Waals surface area contributed by atoms with Crippen molar-refractivity contribution in [1.29, 1.82) is 0 Å². The van der Waals surface area contributed by atoms with Gasteiger partial charge in [-0.1, -0.05) is 11.6 Å². The quantitative estimate of drug-likeness (QED) is 0.343. The van der Waals surface area contributed by atoms with Gasteiger partial charge in [0.05, 0.1) is 10.7 Å². The highest BCUT2D eigenvalue weighted by molar-refractivity contribution is 6.35. The van der Waals surface area contributed by atoms with Crippen LogP contribution in [-0.4, -0.2) is 58.1 Å². The number of pyridine rings is 1. The van der Waals surface area contributed by atoms with Gasteiger partial charge in [0.2, 0.25) is 0 Å². The molecule has 8 heteroatoms. The molecule has 0 saturated carbocycles. The second-order valence-electron chi connectivity index (χ2n) is 8.50. The van der Waals surface area contributed by atoms with Crippen LogP contribution in [0.5, 0.6) is 0 Å². The number of anilines is 3. The lowest BCUT2D eigenvalue weighted by atomic mass is 10.1. The van der Waals surface area contributed by atoms with Gasteiger partial charge < -0.3 is 25.1 Å². The lowest BCUT2D eigenvalue weighted by Gasteiger charge is -2.34. The highest BCUT2D eigenvalue weighted by Crippen LogP contribution is 2.31. The molecule has 2 aromatic carbocycles. The lowest BCUT2D eigenvalue weighted by Crippen LogP contribution is -2.44. The molecule has 0 bridgehead atoms. The third kappa shape index (κ3) is 3.79. The smallest absolute Gasteiger partial charge is 0.159 e. The van der Waals surface area contributed by atoms with E-state index in [4.69, 9.17) is 16.6 Å². The lowest BCUT2D eigenvalue weighted by molar-refractivity contribution is 0.313. The molecule has 1 fully saturated rings. The second kappa shape index (κ2) is 8.10. The zero-order chi connectivity index (χ0) is 22.4. The van der Waals surface area contributed by atoms with Gasteiger partial charge in [-0.25, -0.2) is 9.97 Å². The molecule has 0 unspecified atom stereocenters. The van der Waals surface area contributed by atoms with Crippen LogP contribution in [0.25, 0.3) is 33.5 Å². The summed E-state index contributed by atoms with van der Waals surface area (Å²) in [4.78, 5) is 20.7. The maximum Gasteiger partial charge on any atom is 0.159 e. The van der Waals surface area contributed by atoms with Crippen LogP contribution in [-0.2, 0) is 0 Å². The van der Waals surface area contributed by atoms with Crippen LogP contribution in [0.2, 0.25) is 5.02 Å². The van der Waals surface area contributed by atoms with Crippen LogP contribution in [0.1, 0.15) is 0 Å². The van der Waals surface area contributed by atoms with Crippen molar-refractivity contribution in [3.8, 4) is 11.4 Å². The number of hydrogen-bond donors (Lipinski definition) is 3. The minimum Gasteiger partial charge on any atom is -0.369 e. The third-order valence-corrected chi connectivity index (χ3v) is 6.62. The predicted octanol–water partition coefficient (Wildman–Crippen LogP) is 5.26. The topological polar surface area (TPSA) is 75.9 Å². The summed E-state index contributed by atoms with van der Waals surface area (Å²) >= 11 is 6.29. The van der Waals surface area contributed by atoms with Crippen LogP contribution in [0.3, 0.4) is 0 Å². The van der Waals surface area contributed by atoms with Crippen molar-refractivity contribution < 1.29 is 0 Å². The van der Waals surface area contributed by atoms with Crippen molar-refractivity contribution in [2.75, 3.05) is 43.4 Å². The number of piperazine rings is 1. The van der Waals surface area contributed by atoms with E-state index in [2.05, 4.69) is 61.4 Å². The Hall–Kier alpha value is -3.55. The van der Waals surface area contributed by atoms with Crippen molar-refractivity contribution in [3.63, 3.8) is 0 Å². The molecule has 0 aliphatic carbocycles. The van der Waals surface area contributed by atoms with Crippen molar-refractivity contribution in [1.82, 2.24) is 24.8 Å². The van der Waals surface area contributed by atoms with Gasteiger partial charge in [-0.3, -0.25) is 0 Å². The van der Waals surface area contributed by atoms with E-state index in [-0.39, 0.29) is 0 Å². The van der Waals surface area contributed by atoms with E-state index < -0.39 is 0 Å². The largest absolute Gasteiger partial charge is 0.369 e. The van der Waals surface area contributed by atoms with E-state index in [0.29, 0.717) is 5.02 Å². The Labute approximate surface area is 196 Å². The highest BCUT2D eigenvalue weighted by Gasteiger charge is 2.15. The Morgan fingerprint density at radius 1 is 1.00 bits per heavy atom. The Bertz CT molecular complexity index is 1430. The molecule has 3 aromatic heterocycles. The number of likely N-dealkylation sites (N-methyl/N-ethyl adjacent to an activating group) is 1. The van der Waals surface area contributed by atoms with Gasteiger partial charge in [-0.15, -0.1) is 0 Å². The monoisotopic (exact) mass is 457 g/mol. The molecule has 0 amide bonds.